The molecule has 0 aromatic rings. The Morgan fingerprint density at radius 2 is 2.14 bits per heavy atom. The van der Waals surface area contributed by atoms with Gasteiger partial charge in [-0.15, -0.1) is 0 Å². The molecule has 1 aliphatic rings. The fraction of sp³-hybridized carbons (Fsp3) is 1.00. The summed E-state index contributed by atoms with van der Waals surface area (Å²) < 4.78 is 0. The van der Waals surface area contributed by atoms with Gasteiger partial charge in [-0.3, -0.25) is 0 Å². The van der Waals surface area contributed by atoms with Crippen molar-refractivity contribution in [2.45, 2.75) is 26.3 Å². The summed E-state index contributed by atoms with van der Waals surface area (Å²) in [7, 11) is 2.13. The quantitative estimate of drug-likeness (QED) is 0.696. The lowest BCUT2D eigenvalue weighted by atomic mass is 9.82. The molecule has 0 bridgehead atoms. The van der Waals surface area contributed by atoms with Crippen molar-refractivity contribution < 1.29 is 5.11 Å². The van der Waals surface area contributed by atoms with Crippen molar-refractivity contribution in [3.05, 3.63) is 0 Å². The normalized spacial score (nSPS) is 28.3. The summed E-state index contributed by atoms with van der Waals surface area (Å²) in [5.74, 6) is 1.30. The molecule has 3 heteroatoms. The van der Waals surface area contributed by atoms with Crippen molar-refractivity contribution >= 4 is 0 Å². The van der Waals surface area contributed by atoms with Crippen LogP contribution in [0.4, 0.5) is 0 Å². The molecule has 3 unspecified atom stereocenters. The lowest BCUT2D eigenvalue weighted by Crippen LogP contribution is -2.42. The molecule has 0 aromatic heterocycles. The van der Waals surface area contributed by atoms with Gasteiger partial charge in [-0.05, 0) is 37.8 Å². The molecule has 0 spiro atoms. The van der Waals surface area contributed by atoms with E-state index >= 15 is 0 Å². The third kappa shape index (κ3) is 2.69. The van der Waals surface area contributed by atoms with Gasteiger partial charge in [-0.25, -0.2) is 0 Å². The van der Waals surface area contributed by atoms with E-state index in [1.54, 1.807) is 0 Å². The maximum absolute atomic E-state index is 9.30. The number of aliphatic hydroxyl groups is 1. The summed E-state index contributed by atoms with van der Waals surface area (Å²) in [5.41, 5.74) is 6.21. The fourth-order valence-corrected chi connectivity index (χ4v) is 2.41. The summed E-state index contributed by atoms with van der Waals surface area (Å²) >= 11 is 0. The largest absolute Gasteiger partial charge is 0.396 e. The Kier molecular flexibility index (Phi) is 4.35. The second kappa shape index (κ2) is 5.10. The monoisotopic (exact) mass is 200 g/mol. The van der Waals surface area contributed by atoms with E-state index in [4.69, 9.17) is 5.73 Å². The second-order valence-corrected chi connectivity index (χ2v) is 4.98. The van der Waals surface area contributed by atoms with Crippen LogP contribution in [0, 0.1) is 17.8 Å². The molecule has 1 aliphatic heterocycles. The number of nitrogens with zero attached hydrogens (tertiary/aromatic N) is 1. The molecular weight excluding hydrogens is 176 g/mol. The van der Waals surface area contributed by atoms with Crippen molar-refractivity contribution in [2.75, 3.05) is 26.7 Å². The molecule has 1 heterocycles. The Balaban J connectivity index is 2.50. The summed E-state index contributed by atoms with van der Waals surface area (Å²) in [4.78, 5) is 2.32. The van der Waals surface area contributed by atoms with Crippen LogP contribution in [0.2, 0.25) is 0 Å². The van der Waals surface area contributed by atoms with Crippen LogP contribution in [0.15, 0.2) is 0 Å². The Bertz CT molecular complexity index is 173. The van der Waals surface area contributed by atoms with E-state index in [-0.39, 0.29) is 18.6 Å². The molecular formula is C11H24N2O. The van der Waals surface area contributed by atoms with Crippen molar-refractivity contribution in [1.29, 1.82) is 0 Å². The first kappa shape index (κ1) is 12.0. The highest BCUT2D eigenvalue weighted by molar-refractivity contribution is 4.87. The van der Waals surface area contributed by atoms with E-state index in [0.717, 1.165) is 13.1 Å². The highest BCUT2D eigenvalue weighted by atomic mass is 16.3. The van der Waals surface area contributed by atoms with Gasteiger partial charge in [0.05, 0.1) is 0 Å². The van der Waals surface area contributed by atoms with E-state index in [9.17, 15) is 5.11 Å². The zero-order valence-electron chi connectivity index (χ0n) is 9.61. The van der Waals surface area contributed by atoms with Gasteiger partial charge in [0.2, 0.25) is 0 Å². The number of hydrogen-bond acceptors (Lipinski definition) is 3. The van der Waals surface area contributed by atoms with Gasteiger partial charge in [0.1, 0.15) is 0 Å². The molecule has 0 amide bonds. The predicted octanol–water partition coefficient (Wildman–Crippen LogP) is 0.530. The van der Waals surface area contributed by atoms with Gasteiger partial charge in [0.15, 0.2) is 0 Å². The first-order chi connectivity index (χ1) is 6.56. The topological polar surface area (TPSA) is 49.5 Å². The molecule has 1 rings (SSSR count). The Hall–Kier alpha value is -0.120. The molecule has 1 fully saturated rings. The minimum absolute atomic E-state index is 0.157. The van der Waals surface area contributed by atoms with E-state index in [1.807, 2.05) is 0 Å². The zero-order valence-corrected chi connectivity index (χ0v) is 9.61. The molecule has 0 aliphatic carbocycles. The number of likely N-dealkylation sites (tertiary alicyclic amines) is 1. The molecule has 84 valence electrons. The van der Waals surface area contributed by atoms with E-state index < -0.39 is 0 Å². The average Bonchev–Trinajstić information content (AvgIpc) is 2.52. The van der Waals surface area contributed by atoms with Crippen molar-refractivity contribution in [3.63, 3.8) is 0 Å². The summed E-state index contributed by atoms with van der Waals surface area (Å²) in [6.45, 7) is 6.73. The lowest BCUT2D eigenvalue weighted by Gasteiger charge is -2.29. The van der Waals surface area contributed by atoms with Crippen molar-refractivity contribution in [3.8, 4) is 0 Å². The molecule has 0 aromatic carbocycles. The molecule has 3 N–H and O–H groups in total. The first-order valence-corrected chi connectivity index (χ1v) is 5.61. The van der Waals surface area contributed by atoms with Crippen LogP contribution in [-0.2, 0) is 0 Å². The number of rotatable bonds is 4. The van der Waals surface area contributed by atoms with Crippen LogP contribution < -0.4 is 5.73 Å². The van der Waals surface area contributed by atoms with Gasteiger partial charge in [-0.2, -0.15) is 0 Å². The summed E-state index contributed by atoms with van der Waals surface area (Å²) in [6, 6.07) is 0.157. The van der Waals surface area contributed by atoms with Crippen LogP contribution >= 0.6 is 0 Å². The lowest BCUT2D eigenvalue weighted by molar-refractivity contribution is 0.141. The van der Waals surface area contributed by atoms with Crippen molar-refractivity contribution in [2.24, 2.45) is 23.5 Å². The van der Waals surface area contributed by atoms with E-state index in [2.05, 4.69) is 25.8 Å². The Labute approximate surface area is 87.3 Å². The maximum atomic E-state index is 9.30. The molecule has 0 radical (unpaired) electrons. The number of hydrogen-bond donors (Lipinski definition) is 2. The third-order valence-corrected chi connectivity index (χ3v) is 3.53. The van der Waals surface area contributed by atoms with E-state index in [0.29, 0.717) is 11.8 Å². The SMILES string of the molecule is CC(C)C(CO)C(N)C1CCN(C)C1. The highest BCUT2D eigenvalue weighted by Gasteiger charge is 2.31. The minimum atomic E-state index is 0.157. The van der Waals surface area contributed by atoms with E-state index in [1.165, 1.54) is 6.42 Å². The van der Waals surface area contributed by atoms with Gasteiger partial charge >= 0.3 is 0 Å². The van der Waals surface area contributed by atoms with Gasteiger partial charge in [0.25, 0.3) is 0 Å². The smallest absolute Gasteiger partial charge is 0.0476 e. The van der Waals surface area contributed by atoms with Gasteiger partial charge in [-0.1, -0.05) is 13.8 Å². The van der Waals surface area contributed by atoms with Crippen LogP contribution in [0.1, 0.15) is 20.3 Å². The zero-order chi connectivity index (χ0) is 10.7. The number of nitrogens with two attached hydrogens (primary N) is 1. The van der Waals surface area contributed by atoms with Crippen molar-refractivity contribution in [1.82, 2.24) is 4.90 Å². The fourth-order valence-electron chi connectivity index (χ4n) is 2.41. The average molecular weight is 200 g/mol. The summed E-state index contributed by atoms with van der Waals surface area (Å²) in [5, 5.41) is 9.30. The predicted molar refractivity (Wildman–Crippen MR) is 59.0 cm³/mol. The van der Waals surface area contributed by atoms with Crippen LogP contribution in [0.3, 0.4) is 0 Å². The maximum Gasteiger partial charge on any atom is 0.0476 e. The van der Waals surface area contributed by atoms with Crippen LogP contribution in [-0.4, -0.2) is 42.8 Å². The van der Waals surface area contributed by atoms with Gasteiger partial charge < -0.3 is 15.7 Å². The third-order valence-electron chi connectivity index (χ3n) is 3.53. The molecule has 3 atom stereocenters. The molecule has 14 heavy (non-hydrogen) atoms. The Morgan fingerprint density at radius 3 is 2.50 bits per heavy atom. The number of aliphatic hydroxyl groups excluding tert-OH is 1. The second-order valence-electron chi connectivity index (χ2n) is 4.98. The highest BCUT2D eigenvalue weighted by Crippen LogP contribution is 2.25. The van der Waals surface area contributed by atoms with Crippen LogP contribution in [0.5, 0.6) is 0 Å². The molecule has 0 saturated carbocycles. The molecule has 3 nitrogen and oxygen atoms in total. The Morgan fingerprint density at radius 1 is 1.50 bits per heavy atom. The standard InChI is InChI=1S/C11H24N2O/c1-8(2)10(7-14)11(12)9-4-5-13(3)6-9/h8-11,14H,4-7,12H2,1-3H3. The first-order valence-electron chi connectivity index (χ1n) is 5.61. The van der Waals surface area contributed by atoms with Crippen LogP contribution in [0.25, 0.3) is 0 Å². The summed E-state index contributed by atoms with van der Waals surface area (Å²) in [6.07, 6.45) is 1.18. The van der Waals surface area contributed by atoms with Gasteiger partial charge in [0, 0.05) is 19.2 Å². The minimum Gasteiger partial charge on any atom is -0.396 e. The molecule has 1 saturated heterocycles.